The van der Waals surface area contributed by atoms with E-state index in [2.05, 4.69) is 23.7 Å². The summed E-state index contributed by atoms with van der Waals surface area (Å²) >= 11 is 0. The first-order chi connectivity index (χ1) is 10.2. The van der Waals surface area contributed by atoms with Crippen LogP contribution in [0.3, 0.4) is 0 Å². The Kier molecular flexibility index (Phi) is 6.00. The summed E-state index contributed by atoms with van der Waals surface area (Å²) in [6.07, 6.45) is 0.0264. The number of morpholine rings is 1. The number of hydrogen-bond donors (Lipinski definition) is 1. The Balaban J connectivity index is 1.90. The molecule has 1 aliphatic heterocycles. The van der Waals surface area contributed by atoms with Crippen LogP contribution in [0.4, 0.5) is 4.39 Å². The standard InChI is InChI=1S/C16H21FN2O2/c1-2-19-8-9-20-15(11-19)12-21-14-6-5-13(4-3-7-18)16(17)10-14/h5-6,10,15H,2,7-9,11-12,18H2,1H3. The normalized spacial score (nSPS) is 18.9. The maximum absolute atomic E-state index is 13.8. The lowest BCUT2D eigenvalue weighted by Gasteiger charge is -2.31. The number of benzene rings is 1. The van der Waals surface area contributed by atoms with Gasteiger partial charge in [0.1, 0.15) is 24.3 Å². The molecule has 1 aliphatic rings. The van der Waals surface area contributed by atoms with Gasteiger partial charge in [-0.25, -0.2) is 4.39 Å². The first kappa shape index (κ1) is 15.8. The molecule has 5 heteroatoms. The summed E-state index contributed by atoms with van der Waals surface area (Å²) in [7, 11) is 0. The lowest BCUT2D eigenvalue weighted by atomic mass is 10.2. The molecule has 0 radical (unpaired) electrons. The third kappa shape index (κ3) is 4.71. The Hall–Kier alpha value is -1.61. The topological polar surface area (TPSA) is 47.7 Å². The third-order valence-corrected chi connectivity index (χ3v) is 3.37. The summed E-state index contributed by atoms with van der Waals surface area (Å²) in [4.78, 5) is 2.31. The maximum atomic E-state index is 13.8. The van der Waals surface area contributed by atoms with E-state index in [4.69, 9.17) is 15.2 Å². The molecule has 0 spiro atoms. The fourth-order valence-electron chi connectivity index (χ4n) is 2.19. The lowest BCUT2D eigenvalue weighted by Crippen LogP contribution is -2.44. The quantitative estimate of drug-likeness (QED) is 0.848. The summed E-state index contributed by atoms with van der Waals surface area (Å²) in [5.74, 6) is 5.41. The van der Waals surface area contributed by atoms with Gasteiger partial charge >= 0.3 is 0 Å². The second-order valence-electron chi connectivity index (χ2n) is 4.84. The highest BCUT2D eigenvalue weighted by atomic mass is 19.1. The minimum atomic E-state index is -0.395. The minimum Gasteiger partial charge on any atom is -0.491 e. The van der Waals surface area contributed by atoms with E-state index in [1.165, 1.54) is 6.07 Å². The average Bonchev–Trinajstić information content (AvgIpc) is 2.52. The van der Waals surface area contributed by atoms with Gasteiger partial charge in [-0.3, -0.25) is 4.90 Å². The first-order valence-corrected chi connectivity index (χ1v) is 7.18. The van der Waals surface area contributed by atoms with Crippen molar-refractivity contribution in [2.24, 2.45) is 5.73 Å². The second-order valence-corrected chi connectivity index (χ2v) is 4.84. The van der Waals surface area contributed by atoms with E-state index >= 15 is 0 Å². The summed E-state index contributed by atoms with van der Waals surface area (Å²) in [5, 5.41) is 0. The third-order valence-electron chi connectivity index (χ3n) is 3.37. The van der Waals surface area contributed by atoms with Gasteiger partial charge < -0.3 is 15.2 Å². The number of rotatable bonds is 4. The molecule has 1 unspecified atom stereocenters. The largest absolute Gasteiger partial charge is 0.491 e. The van der Waals surface area contributed by atoms with E-state index < -0.39 is 5.82 Å². The number of nitrogens with two attached hydrogens (primary N) is 1. The van der Waals surface area contributed by atoms with Crippen molar-refractivity contribution in [1.82, 2.24) is 4.90 Å². The zero-order valence-electron chi connectivity index (χ0n) is 12.3. The van der Waals surface area contributed by atoms with Gasteiger partial charge in [-0.1, -0.05) is 18.8 Å². The zero-order valence-corrected chi connectivity index (χ0v) is 12.3. The molecule has 0 aromatic heterocycles. The van der Waals surface area contributed by atoms with Gasteiger partial charge in [0, 0.05) is 19.2 Å². The molecule has 0 saturated carbocycles. The van der Waals surface area contributed by atoms with Crippen LogP contribution >= 0.6 is 0 Å². The highest BCUT2D eigenvalue weighted by Gasteiger charge is 2.19. The van der Waals surface area contributed by atoms with E-state index in [9.17, 15) is 4.39 Å². The molecule has 0 amide bonds. The van der Waals surface area contributed by atoms with Crippen LogP contribution in [0.25, 0.3) is 0 Å². The molecule has 4 nitrogen and oxygen atoms in total. The predicted molar refractivity (Wildman–Crippen MR) is 79.7 cm³/mol. The van der Waals surface area contributed by atoms with Crippen LogP contribution in [0.15, 0.2) is 18.2 Å². The number of halogens is 1. The molecule has 1 fully saturated rings. The Bertz CT molecular complexity index is 525. The van der Waals surface area contributed by atoms with Gasteiger partial charge in [0.25, 0.3) is 0 Å². The number of likely N-dealkylation sites (N-methyl/N-ethyl adjacent to an activating group) is 1. The fraction of sp³-hybridized carbons (Fsp3) is 0.500. The average molecular weight is 292 g/mol. The smallest absolute Gasteiger partial charge is 0.142 e. The van der Waals surface area contributed by atoms with Crippen LogP contribution in [-0.2, 0) is 4.74 Å². The van der Waals surface area contributed by atoms with Crippen molar-refractivity contribution >= 4 is 0 Å². The van der Waals surface area contributed by atoms with Crippen molar-refractivity contribution in [3.05, 3.63) is 29.6 Å². The van der Waals surface area contributed by atoms with Gasteiger partial charge in [-0.05, 0) is 18.7 Å². The van der Waals surface area contributed by atoms with E-state index in [-0.39, 0.29) is 12.6 Å². The molecule has 114 valence electrons. The van der Waals surface area contributed by atoms with Crippen molar-refractivity contribution in [1.29, 1.82) is 0 Å². The second kappa shape index (κ2) is 7.99. The van der Waals surface area contributed by atoms with Crippen LogP contribution in [0.1, 0.15) is 12.5 Å². The van der Waals surface area contributed by atoms with Crippen molar-refractivity contribution in [3.8, 4) is 17.6 Å². The molecular weight excluding hydrogens is 271 g/mol. The van der Waals surface area contributed by atoms with Crippen molar-refractivity contribution in [2.45, 2.75) is 13.0 Å². The Morgan fingerprint density at radius 2 is 2.38 bits per heavy atom. The molecule has 1 aromatic carbocycles. The molecule has 0 aliphatic carbocycles. The van der Waals surface area contributed by atoms with Gasteiger partial charge in [-0.2, -0.15) is 0 Å². The number of nitrogens with zero attached hydrogens (tertiary/aromatic N) is 1. The Morgan fingerprint density at radius 3 is 3.10 bits per heavy atom. The van der Waals surface area contributed by atoms with Crippen LogP contribution in [0.2, 0.25) is 0 Å². The fourth-order valence-corrected chi connectivity index (χ4v) is 2.19. The monoisotopic (exact) mass is 292 g/mol. The zero-order chi connectivity index (χ0) is 15.1. The van der Waals surface area contributed by atoms with Crippen molar-refractivity contribution in [2.75, 3.05) is 39.4 Å². The molecule has 21 heavy (non-hydrogen) atoms. The lowest BCUT2D eigenvalue weighted by molar-refractivity contribution is -0.0464. The number of hydrogen-bond acceptors (Lipinski definition) is 4. The van der Waals surface area contributed by atoms with Crippen LogP contribution in [-0.4, -0.2) is 50.4 Å². The summed E-state index contributed by atoms with van der Waals surface area (Å²) < 4.78 is 25.0. The van der Waals surface area contributed by atoms with E-state index in [0.29, 0.717) is 24.5 Å². The molecular formula is C16H21FN2O2. The van der Waals surface area contributed by atoms with Gasteiger partial charge in [0.15, 0.2) is 0 Å². The molecule has 1 heterocycles. The molecule has 2 rings (SSSR count). The highest BCUT2D eigenvalue weighted by Crippen LogP contribution is 2.17. The summed E-state index contributed by atoms with van der Waals surface area (Å²) in [5.41, 5.74) is 5.60. The Morgan fingerprint density at radius 1 is 1.52 bits per heavy atom. The van der Waals surface area contributed by atoms with Gasteiger partial charge in [0.2, 0.25) is 0 Å². The van der Waals surface area contributed by atoms with Crippen LogP contribution in [0.5, 0.6) is 5.75 Å². The summed E-state index contributed by atoms with van der Waals surface area (Å²) in [6.45, 7) is 6.27. The maximum Gasteiger partial charge on any atom is 0.142 e. The molecule has 0 bridgehead atoms. The molecule has 1 atom stereocenters. The van der Waals surface area contributed by atoms with E-state index in [1.807, 2.05) is 0 Å². The van der Waals surface area contributed by atoms with Crippen molar-refractivity contribution < 1.29 is 13.9 Å². The van der Waals surface area contributed by atoms with Gasteiger partial charge in [-0.15, -0.1) is 0 Å². The van der Waals surface area contributed by atoms with Crippen LogP contribution < -0.4 is 10.5 Å². The highest BCUT2D eigenvalue weighted by molar-refractivity contribution is 5.39. The molecule has 2 N–H and O–H groups in total. The minimum absolute atomic E-state index is 0.0264. The molecule has 1 saturated heterocycles. The first-order valence-electron chi connectivity index (χ1n) is 7.18. The Labute approximate surface area is 125 Å². The molecule has 1 aromatic rings. The van der Waals surface area contributed by atoms with Gasteiger partial charge in [0.05, 0.1) is 18.7 Å². The summed E-state index contributed by atoms with van der Waals surface area (Å²) in [6, 6.07) is 4.67. The van der Waals surface area contributed by atoms with Crippen molar-refractivity contribution in [3.63, 3.8) is 0 Å². The van der Waals surface area contributed by atoms with E-state index in [0.717, 1.165) is 19.6 Å². The predicted octanol–water partition coefficient (Wildman–Crippen LogP) is 1.24. The number of ether oxygens (including phenoxy) is 2. The van der Waals surface area contributed by atoms with E-state index in [1.54, 1.807) is 12.1 Å². The SMILES string of the molecule is CCN1CCOC(COc2ccc(C#CCN)c(F)c2)C1. The van der Waals surface area contributed by atoms with Crippen LogP contribution in [0, 0.1) is 17.7 Å².